The Bertz CT molecular complexity index is 588. The molecule has 3 rings (SSSR count). The summed E-state index contributed by atoms with van der Waals surface area (Å²) in [6.07, 6.45) is 3.62. The number of hydrogen-bond acceptors (Lipinski definition) is 1. The van der Waals surface area contributed by atoms with Crippen LogP contribution in [-0.4, -0.2) is 13.1 Å². The molecule has 0 heterocycles. The van der Waals surface area contributed by atoms with Gasteiger partial charge in [0.2, 0.25) is 0 Å². The van der Waals surface area contributed by atoms with Gasteiger partial charge in [-0.25, -0.2) is 0 Å². The minimum Gasteiger partial charge on any atom is -0.316 e. The van der Waals surface area contributed by atoms with Crippen LogP contribution in [0.15, 0.2) is 48.5 Å². The van der Waals surface area contributed by atoms with E-state index in [1.54, 1.807) is 11.1 Å². The fraction of sp³-hybridized carbons (Fsp3) is 0.368. The molecule has 2 aromatic rings. The van der Waals surface area contributed by atoms with Crippen molar-refractivity contribution in [2.45, 2.75) is 38.1 Å². The molecule has 1 N–H and O–H groups in total. The van der Waals surface area contributed by atoms with Gasteiger partial charge in [0.15, 0.2) is 0 Å². The zero-order valence-electron chi connectivity index (χ0n) is 12.4. The van der Waals surface area contributed by atoms with Crippen LogP contribution < -0.4 is 5.32 Å². The van der Waals surface area contributed by atoms with Crippen molar-refractivity contribution in [1.82, 2.24) is 5.32 Å². The normalized spacial score (nSPS) is 18.8. The van der Waals surface area contributed by atoms with Crippen molar-refractivity contribution in [3.63, 3.8) is 0 Å². The fourth-order valence-electron chi connectivity index (χ4n) is 3.53. The first-order valence-electron chi connectivity index (χ1n) is 7.59. The van der Waals surface area contributed by atoms with E-state index in [9.17, 15) is 0 Å². The lowest BCUT2D eigenvalue weighted by Gasteiger charge is -2.25. The Labute approximate surface area is 122 Å². The second-order valence-electron chi connectivity index (χ2n) is 5.87. The average Bonchev–Trinajstić information content (AvgIpc) is 2.90. The molecule has 1 nitrogen and oxygen atoms in total. The van der Waals surface area contributed by atoms with Gasteiger partial charge in [0.25, 0.3) is 0 Å². The molecule has 2 unspecified atom stereocenters. The van der Waals surface area contributed by atoms with Crippen molar-refractivity contribution >= 4 is 0 Å². The summed E-state index contributed by atoms with van der Waals surface area (Å²) in [6.45, 7) is 2.21. The van der Waals surface area contributed by atoms with E-state index in [-0.39, 0.29) is 0 Å². The van der Waals surface area contributed by atoms with Gasteiger partial charge in [-0.3, -0.25) is 0 Å². The van der Waals surface area contributed by atoms with E-state index >= 15 is 0 Å². The molecule has 0 aliphatic heterocycles. The van der Waals surface area contributed by atoms with E-state index in [0.717, 1.165) is 6.42 Å². The zero-order chi connectivity index (χ0) is 13.9. The third kappa shape index (κ3) is 2.51. The molecule has 20 heavy (non-hydrogen) atoms. The van der Waals surface area contributed by atoms with E-state index in [1.807, 2.05) is 0 Å². The van der Waals surface area contributed by atoms with Crippen molar-refractivity contribution in [2.24, 2.45) is 0 Å². The third-order valence-electron chi connectivity index (χ3n) is 4.74. The fourth-order valence-corrected chi connectivity index (χ4v) is 3.53. The molecule has 0 amide bonds. The van der Waals surface area contributed by atoms with Crippen LogP contribution in [0.25, 0.3) is 0 Å². The lowest BCUT2D eigenvalue weighted by atomic mass is 9.88. The molecule has 104 valence electrons. The van der Waals surface area contributed by atoms with Crippen molar-refractivity contribution in [1.29, 1.82) is 0 Å². The quantitative estimate of drug-likeness (QED) is 0.885. The molecule has 2 aromatic carbocycles. The molecule has 0 saturated heterocycles. The van der Waals surface area contributed by atoms with Gasteiger partial charge < -0.3 is 5.32 Å². The molecule has 0 saturated carbocycles. The second-order valence-corrected chi connectivity index (χ2v) is 5.87. The molecule has 0 spiro atoms. The summed E-state index contributed by atoms with van der Waals surface area (Å²) < 4.78 is 0. The Balaban J connectivity index is 1.83. The highest BCUT2D eigenvalue weighted by Gasteiger charge is 2.28. The van der Waals surface area contributed by atoms with Gasteiger partial charge in [0.1, 0.15) is 0 Å². The maximum atomic E-state index is 3.56. The summed E-state index contributed by atoms with van der Waals surface area (Å²) in [5.41, 5.74) is 5.97. The second kappa shape index (κ2) is 5.80. The highest BCUT2D eigenvalue weighted by Crippen LogP contribution is 2.36. The average molecular weight is 265 g/mol. The maximum Gasteiger partial charge on any atom is 0.0173 e. The number of fused-ring (bicyclic) bond motifs is 1. The number of nitrogens with one attached hydrogen (secondary N) is 1. The Kier molecular flexibility index (Phi) is 3.88. The van der Waals surface area contributed by atoms with Gasteiger partial charge >= 0.3 is 0 Å². The van der Waals surface area contributed by atoms with Crippen LogP contribution in [0.3, 0.4) is 0 Å². The van der Waals surface area contributed by atoms with Crippen molar-refractivity contribution in [3.05, 3.63) is 70.8 Å². The highest BCUT2D eigenvalue weighted by molar-refractivity contribution is 5.37. The first kappa shape index (κ1) is 13.4. The lowest BCUT2D eigenvalue weighted by molar-refractivity contribution is 0.455. The van der Waals surface area contributed by atoms with Crippen LogP contribution in [0.2, 0.25) is 0 Å². The molecule has 1 aliphatic rings. The topological polar surface area (TPSA) is 12.0 Å². The summed E-state index contributed by atoms with van der Waals surface area (Å²) in [5, 5.41) is 3.56. The molecule has 0 bridgehead atoms. The van der Waals surface area contributed by atoms with Crippen LogP contribution in [0.1, 0.15) is 34.6 Å². The molecule has 1 heteroatoms. The SMILES string of the molecule is CNC(Cc1ccccc1C)C1CCc2ccccc21. The van der Waals surface area contributed by atoms with Gasteiger partial charge in [-0.2, -0.15) is 0 Å². The van der Waals surface area contributed by atoms with Crippen LogP contribution >= 0.6 is 0 Å². The van der Waals surface area contributed by atoms with E-state index in [0.29, 0.717) is 12.0 Å². The molecule has 0 aromatic heterocycles. The maximum absolute atomic E-state index is 3.56. The summed E-state index contributed by atoms with van der Waals surface area (Å²) in [4.78, 5) is 0. The molecule has 0 fully saturated rings. The van der Waals surface area contributed by atoms with Crippen molar-refractivity contribution in [2.75, 3.05) is 7.05 Å². The van der Waals surface area contributed by atoms with E-state index in [2.05, 4.69) is 67.8 Å². The lowest BCUT2D eigenvalue weighted by Crippen LogP contribution is -2.33. The van der Waals surface area contributed by atoms with Crippen molar-refractivity contribution < 1.29 is 0 Å². The minimum atomic E-state index is 0.528. The Hall–Kier alpha value is -1.60. The number of hydrogen-bond donors (Lipinski definition) is 1. The number of benzene rings is 2. The standard InChI is InChI=1S/C19H23N/c1-14-7-3-4-9-16(14)13-19(20-2)18-12-11-15-8-5-6-10-17(15)18/h3-10,18-20H,11-13H2,1-2H3. The minimum absolute atomic E-state index is 0.528. The van der Waals surface area contributed by atoms with Crippen LogP contribution in [0.5, 0.6) is 0 Å². The van der Waals surface area contributed by atoms with Gasteiger partial charge in [-0.15, -0.1) is 0 Å². The summed E-state index contributed by atoms with van der Waals surface area (Å²) in [5.74, 6) is 0.649. The Morgan fingerprint density at radius 1 is 1.10 bits per heavy atom. The first-order chi connectivity index (χ1) is 9.79. The summed E-state index contributed by atoms with van der Waals surface area (Å²) >= 11 is 0. The van der Waals surface area contributed by atoms with E-state index < -0.39 is 0 Å². The highest BCUT2D eigenvalue weighted by atomic mass is 14.9. The number of aryl methyl sites for hydroxylation is 2. The summed E-state index contributed by atoms with van der Waals surface area (Å²) in [7, 11) is 2.10. The van der Waals surface area contributed by atoms with Gasteiger partial charge in [-0.05, 0) is 55.5 Å². The molecule has 1 aliphatic carbocycles. The smallest absolute Gasteiger partial charge is 0.0173 e. The summed E-state index contributed by atoms with van der Waals surface area (Å²) in [6, 6.07) is 18.2. The zero-order valence-corrected chi connectivity index (χ0v) is 12.4. The molecular weight excluding hydrogens is 242 g/mol. The number of rotatable bonds is 4. The van der Waals surface area contributed by atoms with Crippen molar-refractivity contribution in [3.8, 4) is 0 Å². The Morgan fingerprint density at radius 2 is 1.85 bits per heavy atom. The van der Waals surface area contributed by atoms with Gasteiger partial charge in [-0.1, -0.05) is 48.5 Å². The molecule has 2 atom stereocenters. The Morgan fingerprint density at radius 3 is 2.65 bits per heavy atom. The van der Waals surface area contributed by atoms with Crippen LogP contribution in [-0.2, 0) is 12.8 Å². The predicted octanol–water partition coefficient (Wildman–Crippen LogP) is 3.86. The van der Waals surface area contributed by atoms with Gasteiger partial charge in [0, 0.05) is 12.0 Å². The predicted molar refractivity (Wildman–Crippen MR) is 85.2 cm³/mol. The van der Waals surface area contributed by atoms with Crippen LogP contribution in [0, 0.1) is 6.92 Å². The first-order valence-corrected chi connectivity index (χ1v) is 7.59. The van der Waals surface area contributed by atoms with Crippen LogP contribution in [0.4, 0.5) is 0 Å². The molecular formula is C19H23N. The van der Waals surface area contributed by atoms with E-state index in [4.69, 9.17) is 0 Å². The van der Waals surface area contributed by atoms with Gasteiger partial charge in [0.05, 0.1) is 0 Å². The van der Waals surface area contributed by atoms with E-state index in [1.165, 1.54) is 24.0 Å². The monoisotopic (exact) mass is 265 g/mol. The number of likely N-dealkylation sites (N-methyl/N-ethyl adjacent to an activating group) is 1. The molecule has 0 radical (unpaired) electrons. The third-order valence-corrected chi connectivity index (χ3v) is 4.74. The largest absolute Gasteiger partial charge is 0.316 e.